The first kappa shape index (κ1) is 31.7. The number of rotatable bonds is 8. The maximum absolute atomic E-state index is 12.2. The summed E-state index contributed by atoms with van der Waals surface area (Å²) in [5, 5.41) is 24.4. The number of nitrogens with two attached hydrogens (primary N) is 2. The summed E-state index contributed by atoms with van der Waals surface area (Å²) in [5.74, 6) is 0.0717. The van der Waals surface area contributed by atoms with Crippen molar-refractivity contribution in [3.05, 3.63) is 34.9 Å². The smallest absolute Gasteiger partial charge is 0.325 e. The molecule has 8 N–H and O–H groups in total. The van der Waals surface area contributed by atoms with Crippen molar-refractivity contribution in [2.45, 2.75) is 49.6 Å². The fourth-order valence-corrected chi connectivity index (χ4v) is 6.26. The van der Waals surface area contributed by atoms with Gasteiger partial charge in [-0.1, -0.05) is 12.2 Å². The summed E-state index contributed by atoms with van der Waals surface area (Å²) in [5.41, 5.74) is 12.0. The van der Waals surface area contributed by atoms with Crippen LogP contribution in [0.1, 0.15) is 30.9 Å². The normalized spacial score (nSPS) is 27.0. The van der Waals surface area contributed by atoms with Crippen molar-refractivity contribution in [3.8, 4) is 0 Å². The molecule has 2 saturated heterocycles. The molecule has 2 aliphatic rings. The second-order valence-corrected chi connectivity index (χ2v) is 12.8. The molecule has 0 aliphatic carbocycles. The summed E-state index contributed by atoms with van der Waals surface area (Å²) in [6, 6.07) is 0. The number of aliphatic hydroxyl groups is 2. The molecule has 2 fully saturated rings. The van der Waals surface area contributed by atoms with Crippen molar-refractivity contribution in [2.75, 3.05) is 24.7 Å². The predicted molar refractivity (Wildman–Crippen MR) is 156 cm³/mol. The van der Waals surface area contributed by atoms with Gasteiger partial charge >= 0.3 is 6.72 Å². The van der Waals surface area contributed by atoms with Crippen LogP contribution in [0.25, 0.3) is 16.8 Å². The van der Waals surface area contributed by atoms with Crippen molar-refractivity contribution in [1.82, 2.24) is 39.1 Å². The molecule has 0 aromatic carbocycles. The van der Waals surface area contributed by atoms with E-state index in [1.807, 2.05) is 0 Å². The highest BCUT2D eigenvalue weighted by Gasteiger charge is 2.42. The number of nitrogens with one attached hydrogen (secondary N) is 1. The second kappa shape index (κ2) is 13.1. The van der Waals surface area contributed by atoms with E-state index in [1.165, 1.54) is 27.9 Å². The highest BCUT2D eigenvalue weighted by molar-refractivity contribution is 8.33. The maximum Gasteiger partial charge on any atom is 0.325 e. The number of thiol groups is 1. The van der Waals surface area contributed by atoms with E-state index in [2.05, 4.69) is 42.3 Å². The van der Waals surface area contributed by atoms with Gasteiger partial charge in [0, 0.05) is 12.8 Å². The third-order valence-corrected chi connectivity index (χ3v) is 8.24. The Kier molecular flexibility index (Phi) is 9.69. The van der Waals surface area contributed by atoms with Gasteiger partial charge in [-0.3, -0.25) is 18.9 Å². The molecule has 0 radical (unpaired) electrons. The van der Waals surface area contributed by atoms with Gasteiger partial charge in [-0.25, -0.2) is 19.5 Å². The summed E-state index contributed by atoms with van der Waals surface area (Å²) in [4.78, 5) is 41.7. The van der Waals surface area contributed by atoms with E-state index in [9.17, 15) is 19.9 Å². The van der Waals surface area contributed by atoms with Crippen molar-refractivity contribution in [3.63, 3.8) is 0 Å². The first-order valence-electron chi connectivity index (χ1n) is 12.4. The number of nitrogen functional groups attached to an aromatic ring is 2. The molecular formula is C20H26N10O9P2S2. The predicted octanol–water partition coefficient (Wildman–Crippen LogP) is -0.366. The average molecular weight is 677 g/mol. The molecule has 1 unspecified atom stereocenters. The Morgan fingerprint density at radius 2 is 2.02 bits per heavy atom. The van der Waals surface area contributed by atoms with Crippen LogP contribution in [-0.2, 0) is 34.9 Å². The Bertz CT molecular complexity index is 1720. The zero-order valence-corrected chi connectivity index (χ0v) is 25.4. The van der Waals surface area contributed by atoms with Crippen LogP contribution in [0.5, 0.6) is 0 Å². The van der Waals surface area contributed by atoms with Gasteiger partial charge in [-0.2, -0.15) is 10.1 Å². The number of aromatic nitrogens is 8. The molecular weight excluding hydrogens is 650 g/mol. The zero-order valence-electron chi connectivity index (χ0n) is 21.9. The monoisotopic (exact) mass is 676 g/mol. The Hall–Kier alpha value is -2.68. The number of hydrogen-bond acceptors (Lipinski definition) is 16. The number of hydrogen-bond donors (Lipinski definition) is 7. The minimum absolute atomic E-state index is 0.0192. The van der Waals surface area contributed by atoms with E-state index in [1.54, 1.807) is 0 Å². The standard InChI is InChI=1S/C20H25N10O8PS.HOPS/c21-15-17-23-3-9(30(17)26-6-24-15)11-2-10(32)13(37-11)5-35-39(34,40)38-12-1-8(4-31)36-19(12)29-7-25-14-16(29)27-20(22)28-18(14)33;1-2-3/h3,6-8,10-13,19,31-32H,1-2,4-5H2,(H,34,40)(H2,21,24,26)(H3,22,27,28,33);(H,1,3)/t8-,10-,11+,12+,13+,19+,39?;/m0./s1. The quantitative estimate of drug-likeness (QED) is 0.0926. The Morgan fingerprint density at radius 1 is 1.26 bits per heavy atom. The molecule has 43 heavy (non-hydrogen) atoms. The molecule has 232 valence electrons. The minimum Gasteiger partial charge on any atom is -0.394 e. The van der Waals surface area contributed by atoms with Crippen LogP contribution >= 0.6 is 26.6 Å². The molecule has 6 rings (SSSR count). The highest BCUT2D eigenvalue weighted by atomic mass is 32.7. The van der Waals surface area contributed by atoms with Crippen LogP contribution in [0.4, 0.5) is 11.8 Å². The van der Waals surface area contributed by atoms with Crippen LogP contribution in [-0.4, -0.2) is 91.8 Å². The van der Waals surface area contributed by atoms with E-state index in [0.29, 0.717) is 11.3 Å². The van der Waals surface area contributed by atoms with E-state index >= 15 is 0 Å². The molecule has 7 atom stereocenters. The van der Waals surface area contributed by atoms with Crippen LogP contribution in [0.15, 0.2) is 23.6 Å². The summed E-state index contributed by atoms with van der Waals surface area (Å²) in [7, 11) is -0.139. The van der Waals surface area contributed by atoms with Gasteiger partial charge in [0.1, 0.15) is 24.6 Å². The molecule has 0 spiro atoms. The molecule has 0 bridgehead atoms. The van der Waals surface area contributed by atoms with Gasteiger partial charge in [0.25, 0.3) is 5.56 Å². The Morgan fingerprint density at radius 3 is 2.77 bits per heavy atom. The van der Waals surface area contributed by atoms with Crippen LogP contribution < -0.4 is 17.0 Å². The number of imidazole rings is 2. The largest absolute Gasteiger partial charge is 0.394 e. The third kappa shape index (κ3) is 6.71. The van der Waals surface area contributed by atoms with Crippen molar-refractivity contribution in [2.24, 2.45) is 0 Å². The van der Waals surface area contributed by atoms with Gasteiger partial charge in [-0.05, 0) is 11.8 Å². The molecule has 0 saturated carbocycles. The summed E-state index contributed by atoms with van der Waals surface area (Å²) >= 11 is 8.45. The van der Waals surface area contributed by atoms with Crippen LogP contribution in [0, 0.1) is 0 Å². The fraction of sp³-hybridized carbons (Fsp3) is 0.500. The number of ether oxygens (including phenoxy) is 2. The Balaban J connectivity index is 0.00000118. The molecule has 23 heteroatoms. The van der Waals surface area contributed by atoms with E-state index in [4.69, 9.17) is 46.4 Å². The van der Waals surface area contributed by atoms with Crippen molar-refractivity contribution < 1.29 is 38.2 Å². The van der Waals surface area contributed by atoms with E-state index < -0.39 is 49.0 Å². The topological polar surface area (TPSA) is 273 Å². The molecule has 2 aliphatic heterocycles. The lowest BCUT2D eigenvalue weighted by Crippen LogP contribution is -2.27. The number of nitrogens with zero attached hydrogens (tertiary/aromatic N) is 7. The van der Waals surface area contributed by atoms with E-state index in [-0.39, 0.29) is 56.6 Å². The van der Waals surface area contributed by atoms with Crippen LogP contribution in [0.3, 0.4) is 0 Å². The van der Waals surface area contributed by atoms with Gasteiger partial charge in [0.15, 0.2) is 28.9 Å². The van der Waals surface area contributed by atoms with Gasteiger partial charge < -0.3 is 45.1 Å². The van der Waals surface area contributed by atoms with Gasteiger partial charge in [0.05, 0.1) is 43.6 Å². The average Bonchev–Trinajstić information content (AvgIpc) is 3.73. The number of aromatic amines is 1. The molecule has 0 amide bonds. The minimum atomic E-state index is -3.92. The number of anilines is 2. The summed E-state index contributed by atoms with van der Waals surface area (Å²) in [6.45, 7) is -4.53. The highest BCUT2D eigenvalue weighted by Crippen LogP contribution is 2.50. The van der Waals surface area contributed by atoms with Crippen molar-refractivity contribution in [1.29, 1.82) is 0 Å². The SMILES string of the molecule is Nc1nc2c(ncn2[C@@H]2O[C@H](CO)C[C@H]2OP(O)(=S)OC[C@H]2O[C@@H](c3cnc4c(N)ncnn34)C[C@@H]2O)c(=O)[nH]1.O=PS. The fourth-order valence-electron chi connectivity index (χ4n) is 4.81. The number of aliphatic hydroxyl groups excluding tert-OH is 2. The van der Waals surface area contributed by atoms with Crippen LogP contribution in [0.2, 0.25) is 0 Å². The zero-order chi connectivity index (χ0) is 30.9. The molecule has 4 aromatic rings. The number of H-pyrrole nitrogens is 1. The first-order chi connectivity index (χ1) is 20.5. The second-order valence-electron chi connectivity index (χ2n) is 9.36. The molecule has 6 heterocycles. The maximum atomic E-state index is 12.2. The summed E-state index contributed by atoms with van der Waals surface area (Å²) in [6.07, 6.45) is -0.406. The van der Waals surface area contributed by atoms with Crippen molar-refractivity contribution >= 4 is 67.0 Å². The van der Waals surface area contributed by atoms with E-state index in [0.717, 1.165) is 0 Å². The van der Waals surface area contributed by atoms with Gasteiger partial charge in [-0.15, -0.1) is 0 Å². The lowest BCUT2D eigenvalue weighted by molar-refractivity contribution is -0.0503. The van der Waals surface area contributed by atoms with Gasteiger partial charge in [0.2, 0.25) is 13.6 Å². The lowest BCUT2D eigenvalue weighted by atomic mass is 10.1. The Labute approximate surface area is 253 Å². The third-order valence-electron chi connectivity index (χ3n) is 6.66. The number of fused-ring (bicyclic) bond motifs is 2. The summed E-state index contributed by atoms with van der Waals surface area (Å²) < 4.78 is 34.8. The first-order valence-corrected chi connectivity index (χ1v) is 17.0. The molecule has 19 nitrogen and oxygen atoms in total. The lowest BCUT2D eigenvalue weighted by Gasteiger charge is -2.25. The molecule has 4 aromatic heterocycles.